The smallest absolute Gasteiger partial charge is 0.303 e. The Hall–Kier alpha value is -9.70. The maximum Gasteiger partial charge on any atom is 0.303 e. The van der Waals surface area contributed by atoms with Gasteiger partial charge in [-0.1, -0.05) is 182 Å². The fraction of sp³-hybridized carbons (Fsp3) is 0.280. The number of carboxylic acid groups (broad SMARTS) is 3. The average molecular weight is 1360 g/mol. The van der Waals surface area contributed by atoms with E-state index in [0.717, 1.165) is 93.7 Å². The predicted octanol–water partition coefficient (Wildman–Crippen LogP) is 18.2. The molecule has 0 amide bonds. The van der Waals surface area contributed by atoms with E-state index in [2.05, 4.69) is 182 Å². The Morgan fingerprint density at radius 3 is 0.735 bits per heavy atom. The van der Waals surface area contributed by atoms with E-state index in [-0.39, 0.29) is 32.5 Å². The van der Waals surface area contributed by atoms with Crippen molar-refractivity contribution in [2.24, 2.45) is 0 Å². The van der Waals surface area contributed by atoms with Crippen LogP contribution in [-0.4, -0.2) is 61.5 Å². The number of aryl methyl sites for hydroxylation is 5. The Kier molecular flexibility index (Phi) is 12.7. The van der Waals surface area contributed by atoms with Gasteiger partial charge in [-0.25, -0.2) is 0 Å². The van der Waals surface area contributed by atoms with E-state index in [9.17, 15) is 51.5 Å². The molecule has 0 saturated carbocycles. The summed E-state index contributed by atoms with van der Waals surface area (Å²) in [6.07, 6.45) is 11.5. The van der Waals surface area contributed by atoms with Crippen LogP contribution in [0.3, 0.4) is 0 Å². The highest BCUT2D eigenvalue weighted by molar-refractivity contribution is 6.35. The lowest BCUT2D eigenvalue weighted by Crippen LogP contribution is -2.65. The second-order valence-corrected chi connectivity index (χ2v) is 31.7. The molecule has 0 unspecified atom stereocenters. The molecule has 0 spiro atoms. The molecule has 8 nitrogen and oxygen atoms in total. The van der Waals surface area contributed by atoms with Crippen LogP contribution in [0.2, 0.25) is 0 Å². The first-order chi connectivity index (χ1) is 49.9. The van der Waals surface area contributed by atoms with Crippen molar-refractivity contribution in [1.82, 2.24) is 0 Å². The average Bonchev–Trinajstić information content (AvgIpc) is 1.39. The second-order valence-electron chi connectivity index (χ2n) is 31.1. The summed E-state index contributed by atoms with van der Waals surface area (Å²) in [5.74, 6) is -2.33. The molecule has 0 saturated heterocycles. The van der Waals surface area contributed by atoms with Crippen LogP contribution in [0.25, 0.3) is 55.6 Å². The molecule has 0 bridgehead atoms. The van der Waals surface area contributed by atoms with Crippen LogP contribution in [0.1, 0.15) is 195 Å². The number of carbonyl (C=O) groups is 3. The van der Waals surface area contributed by atoms with Crippen molar-refractivity contribution < 1.29 is 39.9 Å². The Balaban J connectivity index is 0.977. The van der Waals surface area contributed by atoms with Crippen molar-refractivity contribution in [3.63, 3.8) is 0 Å². The number of fused-ring (bicyclic) bond motifs is 5. The molecule has 21 rings (SSSR count). The molecule has 10 aromatic rings. The summed E-state index contributed by atoms with van der Waals surface area (Å²) in [5.41, 5.74) is 37.5. The number of benzene rings is 10. The summed E-state index contributed by atoms with van der Waals surface area (Å²) in [6.45, 7) is 0.295. The molecule has 9 heteroatoms. The first-order valence-electron chi connectivity index (χ1n) is 37.3. The van der Waals surface area contributed by atoms with Crippen molar-refractivity contribution in [2.75, 3.05) is 13.2 Å². The third kappa shape index (κ3) is 6.89. The number of alkyl halides is 1. The topological polar surface area (TPSA) is 152 Å². The van der Waals surface area contributed by atoms with Gasteiger partial charge in [0.05, 0.1) is 27.1 Å². The van der Waals surface area contributed by atoms with Gasteiger partial charge in [0.25, 0.3) is 0 Å². The number of aliphatic hydroxyl groups is 2. The molecule has 0 fully saturated rings. The quantitative estimate of drug-likeness (QED) is 0.0240. The number of hydrogen-bond donors (Lipinski definition) is 5. The van der Waals surface area contributed by atoms with Gasteiger partial charge in [-0.05, 0) is 286 Å². The predicted molar refractivity (Wildman–Crippen MR) is 397 cm³/mol. The van der Waals surface area contributed by atoms with Gasteiger partial charge in [0.1, 0.15) is 4.87 Å². The zero-order chi connectivity index (χ0) is 68.7. The highest BCUT2D eigenvalue weighted by Gasteiger charge is 2.86. The normalized spacial score (nSPS) is 23.4. The largest absolute Gasteiger partial charge is 0.481 e. The van der Waals surface area contributed by atoms with Crippen LogP contribution in [-0.2, 0) is 73.6 Å². The van der Waals surface area contributed by atoms with Crippen LogP contribution < -0.4 is 0 Å². The lowest BCUT2D eigenvalue weighted by Gasteiger charge is -2.64. The standard InChI is InChI=1S/C93H75ClO8/c94-93-86-84-85-87(93)91(59-35-25-55(26-36-59)15-8-10-50-96)79-66-44-42-64-62-40-39-61-63-41-43-65-67-45-47-69-70-48-46-68(66)81(91)83(70)92(93,60-37-27-53(28-38-60)13-3-6-18-73(101)102)82(69)80(67)90(86,58-33-23-52(24-34-58)12-2-5-17-72(99)100)78(65)76(63)88(84,56-29-19-51(20-30-56)11-1-4-16-71(97)98)74(61)75(62)89(85,77(64)79)57-31-21-54(22-32-57)14-7-9-49-95/h19-48,95-96H,1-18,49-50H2,(H,97,98)(H,99,100)(H,101,102)/t88-,89+,90-,91+,92-,93-/m0/s1. The van der Waals surface area contributed by atoms with E-state index in [1.165, 1.54) is 173 Å². The van der Waals surface area contributed by atoms with Gasteiger partial charge < -0.3 is 25.5 Å². The number of aliphatic hydroxyl groups excluding tert-OH is 2. The fourth-order valence-electron chi connectivity index (χ4n) is 23.4. The van der Waals surface area contributed by atoms with Crippen LogP contribution in [0.5, 0.6) is 0 Å². The Labute approximate surface area is 597 Å². The van der Waals surface area contributed by atoms with Crippen LogP contribution >= 0.6 is 11.6 Å². The van der Waals surface area contributed by atoms with Gasteiger partial charge in [-0.15, -0.1) is 11.6 Å². The van der Waals surface area contributed by atoms with Crippen molar-refractivity contribution in [3.8, 4) is 55.6 Å². The Morgan fingerprint density at radius 1 is 0.265 bits per heavy atom. The molecule has 6 atom stereocenters. The molecule has 11 aliphatic carbocycles. The number of unbranched alkanes of at least 4 members (excludes halogenated alkanes) is 5. The first-order valence-corrected chi connectivity index (χ1v) is 37.7. The molecule has 11 aliphatic rings. The maximum atomic E-state index is 11.9. The summed E-state index contributed by atoms with van der Waals surface area (Å²) in [5, 5.41) is 49.6. The Bertz CT molecular complexity index is 5540. The zero-order valence-electron chi connectivity index (χ0n) is 56.8. The molecule has 5 N–H and O–H groups in total. The zero-order valence-corrected chi connectivity index (χ0v) is 57.6. The molecule has 102 heavy (non-hydrogen) atoms. The molecular weight excluding hydrogens is 1280 g/mol. The number of hydrogen-bond acceptors (Lipinski definition) is 5. The van der Waals surface area contributed by atoms with Crippen LogP contribution in [0.4, 0.5) is 0 Å². The maximum absolute atomic E-state index is 11.9. The molecule has 0 aliphatic heterocycles. The van der Waals surface area contributed by atoms with Gasteiger partial charge in [0.15, 0.2) is 0 Å². The SMILES string of the molecule is O=C(O)CCCCc1ccc([C@@]23C4=C5[C@@]6(c7ccc(CCCCC(=O)O)cc7)c7c8ccc(c72)-c2ccc7c(c23)[C@@]2(c3ccc(CCCCO)cc3)C4=C3[C@]4(c9ccc(CCCCO)cc9)c9c(ccc-7c92)-c2ccc7c(c24)[C@](c2ccc(CCCCC(=O)O)cc2)(c2c-7ccc-8c26)[C@@]35Cl)cc1. The number of halogens is 1. The van der Waals surface area contributed by atoms with E-state index in [4.69, 9.17) is 0 Å². The summed E-state index contributed by atoms with van der Waals surface area (Å²) in [4.78, 5) is 34.3. The molecule has 502 valence electrons. The van der Waals surface area contributed by atoms with E-state index in [0.29, 0.717) is 19.3 Å². The third-order valence-electron chi connectivity index (χ3n) is 26.7. The molecule has 0 radical (unpaired) electrons. The van der Waals surface area contributed by atoms with Gasteiger partial charge in [0, 0.05) is 32.5 Å². The van der Waals surface area contributed by atoms with Gasteiger partial charge in [-0.2, -0.15) is 0 Å². The monoisotopic (exact) mass is 1350 g/mol. The summed E-state index contributed by atoms with van der Waals surface area (Å²) in [6, 6.07) is 72.7. The highest BCUT2D eigenvalue weighted by Crippen LogP contribution is 2.92. The van der Waals surface area contributed by atoms with Gasteiger partial charge in [-0.3, -0.25) is 14.4 Å². The summed E-state index contributed by atoms with van der Waals surface area (Å²) in [7, 11) is 0. The minimum absolute atomic E-state index is 0.126. The number of carboxylic acids is 3. The van der Waals surface area contributed by atoms with E-state index in [1.807, 2.05) is 0 Å². The van der Waals surface area contributed by atoms with E-state index >= 15 is 0 Å². The van der Waals surface area contributed by atoms with Crippen molar-refractivity contribution in [3.05, 3.63) is 316 Å². The Morgan fingerprint density at radius 2 is 0.480 bits per heavy atom. The minimum atomic E-state index is -1.39. The number of aliphatic carboxylic acids is 3. The molecule has 0 aromatic heterocycles. The molecule has 0 heterocycles. The third-order valence-corrected chi connectivity index (χ3v) is 27.3. The van der Waals surface area contributed by atoms with Crippen LogP contribution in [0, 0.1) is 0 Å². The van der Waals surface area contributed by atoms with Crippen molar-refractivity contribution >= 4 is 29.5 Å². The van der Waals surface area contributed by atoms with Crippen molar-refractivity contribution in [2.45, 2.75) is 148 Å². The van der Waals surface area contributed by atoms with Crippen LogP contribution in [0.15, 0.2) is 204 Å². The van der Waals surface area contributed by atoms with E-state index < -0.39 is 49.9 Å². The lowest BCUT2D eigenvalue weighted by molar-refractivity contribution is -0.138. The number of rotatable bonds is 28. The first kappa shape index (κ1) is 61.0. The molecular formula is C93H75ClO8. The highest BCUT2D eigenvalue weighted by atomic mass is 35.5. The minimum Gasteiger partial charge on any atom is -0.481 e. The second kappa shape index (κ2) is 21.2. The van der Waals surface area contributed by atoms with Crippen molar-refractivity contribution in [1.29, 1.82) is 0 Å². The van der Waals surface area contributed by atoms with Gasteiger partial charge >= 0.3 is 17.9 Å². The summed E-state index contributed by atoms with van der Waals surface area (Å²) >= 11 is 10.7. The lowest BCUT2D eigenvalue weighted by atomic mass is 9.40. The number of allylic oxidation sites excluding steroid dienone is 4. The van der Waals surface area contributed by atoms with E-state index in [1.54, 1.807) is 0 Å². The summed E-state index contributed by atoms with van der Waals surface area (Å²) < 4.78 is 0. The van der Waals surface area contributed by atoms with Gasteiger partial charge in [0.2, 0.25) is 0 Å². The molecule has 10 aromatic carbocycles. The fourth-order valence-corrected chi connectivity index (χ4v) is 24.2.